The molecule has 2 aromatic rings. The third-order valence-electron chi connectivity index (χ3n) is 3.83. The maximum Gasteiger partial charge on any atom is 0.228 e. The van der Waals surface area contributed by atoms with E-state index < -0.39 is 15.1 Å². The molecule has 0 saturated carbocycles. The Bertz CT molecular complexity index is 784. The molecule has 0 radical (unpaired) electrons. The van der Waals surface area contributed by atoms with E-state index in [9.17, 15) is 13.2 Å². The summed E-state index contributed by atoms with van der Waals surface area (Å²) in [5.74, 6) is -0.182. The second-order valence-corrected chi connectivity index (χ2v) is 7.19. The normalized spacial score (nSPS) is 18.4. The van der Waals surface area contributed by atoms with Gasteiger partial charge >= 0.3 is 0 Å². The summed E-state index contributed by atoms with van der Waals surface area (Å²) in [6.07, 6.45) is -0.0231. The topological polar surface area (TPSA) is 54.5 Å². The van der Waals surface area contributed by atoms with Crippen molar-refractivity contribution in [1.29, 1.82) is 0 Å². The van der Waals surface area contributed by atoms with Gasteiger partial charge in [-0.25, -0.2) is 8.42 Å². The van der Waals surface area contributed by atoms with Gasteiger partial charge in [-0.2, -0.15) is 0 Å². The molecule has 1 amide bonds. The van der Waals surface area contributed by atoms with Gasteiger partial charge in [0.2, 0.25) is 5.91 Å². The van der Waals surface area contributed by atoms with Crippen LogP contribution < -0.4 is 4.90 Å². The number of hydrogen-bond donors (Lipinski definition) is 0. The van der Waals surface area contributed by atoms with Gasteiger partial charge in [0, 0.05) is 19.2 Å². The number of para-hydroxylation sites is 1. The van der Waals surface area contributed by atoms with Crippen LogP contribution in [0.4, 0.5) is 5.69 Å². The van der Waals surface area contributed by atoms with Crippen LogP contribution in [0.3, 0.4) is 0 Å². The van der Waals surface area contributed by atoms with E-state index in [0.717, 1.165) is 0 Å². The zero-order valence-electron chi connectivity index (χ0n) is 11.6. The van der Waals surface area contributed by atoms with Crippen LogP contribution in [0.15, 0.2) is 59.5 Å². The van der Waals surface area contributed by atoms with Crippen LogP contribution in [0.25, 0.3) is 0 Å². The number of anilines is 1. The molecule has 2 aromatic carbocycles. The summed E-state index contributed by atoms with van der Waals surface area (Å²) in [5, 5.41) is -0.820. The van der Waals surface area contributed by atoms with Crippen LogP contribution in [0.2, 0.25) is 0 Å². The molecule has 0 saturated heterocycles. The monoisotopic (exact) mass is 301 g/mol. The van der Waals surface area contributed by atoms with E-state index in [1.807, 2.05) is 0 Å². The molecule has 0 spiro atoms. The van der Waals surface area contributed by atoms with E-state index in [-0.39, 0.29) is 17.2 Å². The van der Waals surface area contributed by atoms with E-state index in [0.29, 0.717) is 11.3 Å². The Morgan fingerprint density at radius 2 is 1.62 bits per heavy atom. The molecule has 1 aliphatic heterocycles. The van der Waals surface area contributed by atoms with Crippen molar-refractivity contribution in [2.45, 2.75) is 16.6 Å². The Labute approximate surface area is 123 Å². The lowest BCUT2D eigenvalue weighted by molar-refractivity contribution is -0.118. The lowest BCUT2D eigenvalue weighted by Gasteiger charge is -2.31. The summed E-state index contributed by atoms with van der Waals surface area (Å²) in [7, 11) is -1.91. The first-order valence-electron chi connectivity index (χ1n) is 6.66. The summed E-state index contributed by atoms with van der Waals surface area (Å²) in [6, 6.07) is 15.5. The van der Waals surface area contributed by atoms with E-state index >= 15 is 0 Å². The highest BCUT2D eigenvalue weighted by Gasteiger charge is 2.38. The average molecular weight is 301 g/mol. The summed E-state index contributed by atoms with van der Waals surface area (Å²) in [5.41, 5.74) is 1.35. The second kappa shape index (κ2) is 5.00. The largest absolute Gasteiger partial charge is 0.315 e. The van der Waals surface area contributed by atoms with Crippen LogP contribution >= 0.6 is 0 Å². The Balaban J connectivity index is 2.16. The van der Waals surface area contributed by atoms with Crippen molar-refractivity contribution in [2.24, 2.45) is 0 Å². The summed E-state index contributed by atoms with van der Waals surface area (Å²) < 4.78 is 25.7. The minimum absolute atomic E-state index is 0.0231. The van der Waals surface area contributed by atoms with Crippen LogP contribution in [0, 0.1) is 0 Å². The maximum absolute atomic E-state index is 12.8. The molecule has 3 rings (SSSR count). The number of carbonyl (C=O) groups is 1. The van der Waals surface area contributed by atoms with Gasteiger partial charge in [-0.1, -0.05) is 36.4 Å². The van der Waals surface area contributed by atoms with Gasteiger partial charge in [0.1, 0.15) is 5.25 Å². The maximum atomic E-state index is 12.8. The molecule has 0 unspecified atom stereocenters. The molecular weight excluding hydrogens is 286 g/mol. The fourth-order valence-electron chi connectivity index (χ4n) is 2.66. The van der Waals surface area contributed by atoms with Crippen molar-refractivity contribution in [3.05, 3.63) is 60.2 Å². The van der Waals surface area contributed by atoms with Crippen molar-refractivity contribution in [2.75, 3.05) is 11.9 Å². The lowest BCUT2D eigenvalue weighted by Crippen LogP contribution is -2.35. The smallest absolute Gasteiger partial charge is 0.228 e. The highest BCUT2D eigenvalue weighted by Crippen LogP contribution is 2.40. The summed E-state index contributed by atoms with van der Waals surface area (Å²) in [6.45, 7) is 0. The summed E-state index contributed by atoms with van der Waals surface area (Å²) in [4.78, 5) is 13.9. The molecule has 1 aliphatic rings. The van der Waals surface area contributed by atoms with Crippen molar-refractivity contribution >= 4 is 21.4 Å². The number of hydrogen-bond acceptors (Lipinski definition) is 3. The van der Waals surface area contributed by atoms with E-state index in [1.54, 1.807) is 61.6 Å². The number of nitrogens with zero attached hydrogens (tertiary/aromatic N) is 1. The predicted octanol–water partition coefficient (Wildman–Crippen LogP) is 2.57. The van der Waals surface area contributed by atoms with E-state index in [2.05, 4.69) is 0 Å². The average Bonchev–Trinajstić information content (AvgIpc) is 2.51. The number of fused-ring (bicyclic) bond motifs is 1. The molecule has 0 aliphatic carbocycles. The molecule has 4 nitrogen and oxygen atoms in total. The molecule has 5 heteroatoms. The molecule has 108 valence electrons. The Kier molecular flexibility index (Phi) is 3.29. The second-order valence-electron chi connectivity index (χ2n) is 5.06. The van der Waals surface area contributed by atoms with Crippen LogP contribution in [-0.2, 0) is 14.6 Å². The SMILES string of the molecule is CN1C(=O)C[C@H](S(=O)(=O)c2ccccc2)c2ccccc21. The molecule has 0 fully saturated rings. The number of carbonyl (C=O) groups excluding carboxylic acids is 1. The quantitative estimate of drug-likeness (QED) is 0.856. The molecule has 21 heavy (non-hydrogen) atoms. The van der Waals surface area contributed by atoms with E-state index in [4.69, 9.17) is 0 Å². The Morgan fingerprint density at radius 3 is 2.33 bits per heavy atom. The van der Waals surface area contributed by atoms with Crippen molar-refractivity contribution in [1.82, 2.24) is 0 Å². The van der Waals surface area contributed by atoms with Crippen molar-refractivity contribution < 1.29 is 13.2 Å². The third kappa shape index (κ3) is 2.23. The molecule has 1 heterocycles. The third-order valence-corrected chi connectivity index (χ3v) is 5.92. The van der Waals surface area contributed by atoms with Crippen molar-refractivity contribution in [3.8, 4) is 0 Å². The van der Waals surface area contributed by atoms with Gasteiger partial charge in [0.05, 0.1) is 4.90 Å². The van der Waals surface area contributed by atoms with Gasteiger partial charge in [0.25, 0.3) is 0 Å². The Hall–Kier alpha value is -2.14. The molecule has 0 bridgehead atoms. The first-order chi connectivity index (χ1) is 10.0. The van der Waals surface area contributed by atoms with Gasteiger partial charge in [-0.3, -0.25) is 4.79 Å². The fraction of sp³-hybridized carbons (Fsp3) is 0.188. The highest BCUT2D eigenvalue weighted by molar-refractivity contribution is 7.91. The van der Waals surface area contributed by atoms with Gasteiger partial charge in [-0.15, -0.1) is 0 Å². The first kappa shape index (κ1) is 13.8. The van der Waals surface area contributed by atoms with Crippen molar-refractivity contribution in [3.63, 3.8) is 0 Å². The van der Waals surface area contributed by atoms with Crippen LogP contribution in [0.1, 0.15) is 17.2 Å². The summed E-state index contributed by atoms with van der Waals surface area (Å²) >= 11 is 0. The predicted molar refractivity (Wildman–Crippen MR) is 80.8 cm³/mol. The number of sulfone groups is 1. The molecule has 0 aromatic heterocycles. The van der Waals surface area contributed by atoms with Gasteiger partial charge in [-0.05, 0) is 23.8 Å². The van der Waals surface area contributed by atoms with Gasteiger partial charge in [0.15, 0.2) is 9.84 Å². The molecule has 1 atom stereocenters. The zero-order valence-corrected chi connectivity index (χ0v) is 12.4. The minimum Gasteiger partial charge on any atom is -0.315 e. The van der Waals surface area contributed by atoms with E-state index in [1.165, 1.54) is 4.90 Å². The highest BCUT2D eigenvalue weighted by atomic mass is 32.2. The minimum atomic E-state index is -3.58. The zero-order chi connectivity index (χ0) is 15.0. The van der Waals surface area contributed by atoms with Crippen LogP contribution in [0.5, 0.6) is 0 Å². The lowest BCUT2D eigenvalue weighted by atomic mass is 10.0. The fourth-order valence-corrected chi connectivity index (χ4v) is 4.42. The molecular formula is C16H15NO3S. The van der Waals surface area contributed by atoms with Crippen LogP contribution in [-0.4, -0.2) is 21.4 Å². The number of rotatable bonds is 2. The Morgan fingerprint density at radius 1 is 1.00 bits per heavy atom. The number of amides is 1. The molecule has 0 N–H and O–H groups in total. The van der Waals surface area contributed by atoms with Gasteiger partial charge < -0.3 is 4.90 Å². The first-order valence-corrected chi connectivity index (χ1v) is 8.21. The number of benzene rings is 2. The standard InChI is InChI=1S/C16H15NO3S/c1-17-14-10-6-5-9-13(14)15(11-16(17)18)21(19,20)12-7-3-2-4-8-12/h2-10,15H,11H2,1H3/t15-/m0/s1.